The third kappa shape index (κ3) is 3.00. The van der Waals surface area contributed by atoms with Gasteiger partial charge in [0.15, 0.2) is 0 Å². The summed E-state index contributed by atoms with van der Waals surface area (Å²) in [5.74, 6) is -1.01. The number of aromatic carboxylic acids is 1. The molecule has 0 fully saturated rings. The van der Waals surface area contributed by atoms with Crippen LogP contribution in [0.2, 0.25) is 0 Å². The molecule has 1 aromatic carbocycles. The van der Waals surface area contributed by atoms with Gasteiger partial charge in [-0.25, -0.2) is 4.79 Å². The van der Waals surface area contributed by atoms with Crippen LogP contribution in [0.25, 0.3) is 0 Å². The van der Waals surface area contributed by atoms with Crippen LogP contribution < -0.4 is 0 Å². The third-order valence-corrected chi connectivity index (χ3v) is 2.69. The molecule has 0 saturated heterocycles. The fourth-order valence-electron chi connectivity index (χ4n) is 1.66. The number of nitrogens with zero attached hydrogens (tertiary/aromatic N) is 3. The maximum atomic E-state index is 12.0. The summed E-state index contributed by atoms with van der Waals surface area (Å²) in [4.78, 5) is 28.0. The minimum absolute atomic E-state index is 0.00663. The standard InChI is InChI=1S/C13H13N3O4/c1-8-14-11(15-20-8)12(17)16(2)7-9-3-5-10(6-4-9)13(18)19/h3-6H,7H2,1-2H3,(H,18,19). The van der Waals surface area contributed by atoms with Gasteiger partial charge in [-0.2, -0.15) is 4.98 Å². The van der Waals surface area contributed by atoms with Gasteiger partial charge < -0.3 is 14.5 Å². The number of carbonyl (C=O) groups excluding carboxylic acids is 1. The Morgan fingerprint density at radius 3 is 2.45 bits per heavy atom. The van der Waals surface area contributed by atoms with Gasteiger partial charge in [0.2, 0.25) is 5.89 Å². The first-order chi connectivity index (χ1) is 9.47. The lowest BCUT2D eigenvalue weighted by Crippen LogP contribution is -2.27. The molecule has 1 aromatic heterocycles. The molecular formula is C13H13N3O4. The Labute approximate surface area is 114 Å². The largest absolute Gasteiger partial charge is 0.478 e. The number of benzene rings is 1. The molecule has 104 valence electrons. The minimum Gasteiger partial charge on any atom is -0.478 e. The van der Waals surface area contributed by atoms with Crippen molar-refractivity contribution in [2.45, 2.75) is 13.5 Å². The van der Waals surface area contributed by atoms with Crippen molar-refractivity contribution in [2.75, 3.05) is 7.05 Å². The molecule has 1 N–H and O–H groups in total. The Morgan fingerprint density at radius 1 is 1.30 bits per heavy atom. The van der Waals surface area contributed by atoms with Gasteiger partial charge in [0.25, 0.3) is 11.7 Å². The molecule has 0 atom stereocenters. The fraction of sp³-hybridized carbons (Fsp3) is 0.231. The molecule has 1 heterocycles. The van der Waals surface area contributed by atoms with E-state index in [-0.39, 0.29) is 17.3 Å². The van der Waals surface area contributed by atoms with Crippen LogP contribution in [0.3, 0.4) is 0 Å². The number of hydrogen-bond acceptors (Lipinski definition) is 5. The lowest BCUT2D eigenvalue weighted by molar-refractivity contribution is 0.0695. The Bertz CT molecular complexity index is 633. The highest BCUT2D eigenvalue weighted by atomic mass is 16.5. The summed E-state index contributed by atoms with van der Waals surface area (Å²) in [6.07, 6.45) is 0. The Balaban J connectivity index is 2.05. The molecule has 1 amide bonds. The van der Waals surface area contributed by atoms with Crippen LogP contribution in [-0.2, 0) is 6.54 Å². The minimum atomic E-state index is -0.983. The zero-order valence-corrected chi connectivity index (χ0v) is 11.0. The molecule has 2 rings (SSSR count). The zero-order valence-electron chi connectivity index (χ0n) is 11.0. The molecule has 20 heavy (non-hydrogen) atoms. The Kier molecular flexibility index (Phi) is 3.79. The Morgan fingerprint density at radius 2 is 1.95 bits per heavy atom. The molecule has 0 aliphatic carbocycles. The molecule has 0 unspecified atom stereocenters. The van der Waals surface area contributed by atoms with E-state index in [1.165, 1.54) is 17.0 Å². The van der Waals surface area contributed by atoms with Crippen molar-refractivity contribution in [3.05, 3.63) is 47.1 Å². The van der Waals surface area contributed by atoms with Crippen molar-refractivity contribution in [1.82, 2.24) is 15.0 Å². The molecule has 0 aliphatic rings. The lowest BCUT2D eigenvalue weighted by atomic mass is 10.1. The van der Waals surface area contributed by atoms with Gasteiger partial charge in [0.05, 0.1) is 5.56 Å². The van der Waals surface area contributed by atoms with Crippen molar-refractivity contribution >= 4 is 11.9 Å². The van der Waals surface area contributed by atoms with Crippen LogP contribution >= 0.6 is 0 Å². The Hall–Kier alpha value is -2.70. The number of carboxylic acid groups (broad SMARTS) is 1. The van der Waals surface area contributed by atoms with Crippen LogP contribution in [0.4, 0.5) is 0 Å². The lowest BCUT2D eigenvalue weighted by Gasteiger charge is -2.15. The number of carbonyl (C=O) groups is 2. The van der Waals surface area contributed by atoms with Crippen molar-refractivity contribution in [3.63, 3.8) is 0 Å². The molecule has 2 aromatic rings. The van der Waals surface area contributed by atoms with Gasteiger partial charge in [0, 0.05) is 20.5 Å². The first kappa shape index (κ1) is 13.7. The summed E-state index contributed by atoms with van der Waals surface area (Å²) in [5, 5.41) is 12.4. The summed E-state index contributed by atoms with van der Waals surface area (Å²) < 4.78 is 4.75. The van der Waals surface area contributed by atoms with E-state index in [1.54, 1.807) is 26.1 Å². The van der Waals surface area contributed by atoms with E-state index in [0.29, 0.717) is 12.4 Å². The van der Waals surface area contributed by atoms with Crippen LogP contribution in [0.5, 0.6) is 0 Å². The summed E-state index contributed by atoms with van der Waals surface area (Å²) >= 11 is 0. The smallest absolute Gasteiger partial charge is 0.335 e. The highest BCUT2D eigenvalue weighted by Gasteiger charge is 2.17. The molecular weight excluding hydrogens is 262 g/mol. The zero-order chi connectivity index (χ0) is 14.7. The number of rotatable bonds is 4. The summed E-state index contributed by atoms with van der Waals surface area (Å²) in [5.41, 5.74) is 1.02. The third-order valence-electron chi connectivity index (χ3n) is 2.69. The van der Waals surface area contributed by atoms with E-state index in [2.05, 4.69) is 10.1 Å². The van der Waals surface area contributed by atoms with E-state index in [9.17, 15) is 9.59 Å². The van der Waals surface area contributed by atoms with Crippen LogP contribution in [-0.4, -0.2) is 39.1 Å². The van der Waals surface area contributed by atoms with Crippen LogP contribution in [0.1, 0.15) is 32.4 Å². The van der Waals surface area contributed by atoms with Crippen LogP contribution in [0, 0.1) is 6.92 Å². The normalized spacial score (nSPS) is 10.3. The molecule has 0 aliphatic heterocycles. The van der Waals surface area contributed by atoms with Crippen LogP contribution in [0.15, 0.2) is 28.8 Å². The van der Waals surface area contributed by atoms with Crippen molar-refractivity contribution in [3.8, 4) is 0 Å². The molecule has 0 radical (unpaired) electrons. The predicted molar refractivity (Wildman–Crippen MR) is 68.2 cm³/mol. The fourth-order valence-corrected chi connectivity index (χ4v) is 1.66. The molecule has 7 heteroatoms. The number of aryl methyl sites for hydroxylation is 1. The SMILES string of the molecule is Cc1nc(C(=O)N(C)Cc2ccc(C(=O)O)cc2)no1. The summed E-state index contributed by atoms with van der Waals surface area (Å²) in [6.45, 7) is 1.93. The van der Waals surface area contributed by atoms with E-state index in [0.717, 1.165) is 5.56 Å². The quantitative estimate of drug-likeness (QED) is 0.904. The number of hydrogen-bond donors (Lipinski definition) is 1. The topological polar surface area (TPSA) is 96.5 Å². The summed E-state index contributed by atoms with van der Waals surface area (Å²) in [7, 11) is 1.61. The monoisotopic (exact) mass is 275 g/mol. The van der Waals surface area contributed by atoms with E-state index in [1.807, 2.05) is 0 Å². The average molecular weight is 275 g/mol. The maximum Gasteiger partial charge on any atom is 0.335 e. The highest BCUT2D eigenvalue weighted by molar-refractivity contribution is 5.90. The van der Waals surface area contributed by atoms with Gasteiger partial charge in [-0.3, -0.25) is 4.79 Å². The first-order valence-corrected chi connectivity index (χ1v) is 5.85. The van der Waals surface area contributed by atoms with Gasteiger partial charge >= 0.3 is 5.97 Å². The van der Waals surface area contributed by atoms with Gasteiger partial charge in [-0.15, -0.1) is 0 Å². The summed E-state index contributed by atoms with van der Waals surface area (Å²) in [6, 6.07) is 6.31. The molecule has 7 nitrogen and oxygen atoms in total. The second kappa shape index (κ2) is 5.52. The molecule has 0 saturated carbocycles. The first-order valence-electron chi connectivity index (χ1n) is 5.85. The van der Waals surface area contributed by atoms with Gasteiger partial charge in [-0.05, 0) is 17.7 Å². The van der Waals surface area contributed by atoms with E-state index < -0.39 is 5.97 Å². The molecule has 0 bridgehead atoms. The number of aromatic nitrogens is 2. The van der Waals surface area contributed by atoms with Gasteiger partial charge in [-0.1, -0.05) is 17.3 Å². The molecule has 0 spiro atoms. The van der Waals surface area contributed by atoms with Gasteiger partial charge in [0.1, 0.15) is 0 Å². The predicted octanol–water partition coefficient (Wildman–Crippen LogP) is 1.35. The number of amides is 1. The van der Waals surface area contributed by atoms with Crippen molar-refractivity contribution in [2.24, 2.45) is 0 Å². The number of carboxylic acids is 1. The van der Waals surface area contributed by atoms with E-state index in [4.69, 9.17) is 9.63 Å². The maximum absolute atomic E-state index is 12.0. The second-order valence-electron chi connectivity index (χ2n) is 4.30. The second-order valence-corrected chi connectivity index (χ2v) is 4.30. The van der Waals surface area contributed by atoms with E-state index >= 15 is 0 Å². The highest BCUT2D eigenvalue weighted by Crippen LogP contribution is 2.09. The van der Waals surface area contributed by atoms with Crippen molar-refractivity contribution in [1.29, 1.82) is 0 Å². The average Bonchev–Trinajstić information content (AvgIpc) is 2.85. The van der Waals surface area contributed by atoms with Crippen molar-refractivity contribution < 1.29 is 19.2 Å².